The predicted octanol–water partition coefficient (Wildman–Crippen LogP) is 4.70. The quantitative estimate of drug-likeness (QED) is 0.322. The van der Waals surface area contributed by atoms with E-state index in [1.54, 1.807) is 18.3 Å². The van der Waals surface area contributed by atoms with Gasteiger partial charge in [0.2, 0.25) is 0 Å². The molecule has 0 atom stereocenters. The van der Waals surface area contributed by atoms with Gasteiger partial charge in [-0.3, -0.25) is 4.79 Å². The number of hydrogen-bond donors (Lipinski definition) is 0. The molecule has 0 spiro atoms. The van der Waals surface area contributed by atoms with E-state index >= 15 is 0 Å². The SMILES string of the molecule is Cc1cc(C)cc(N(CCC#N)C(=O)COC(=O)c2cccnc2SCc2c(C)noc2C)c1. The van der Waals surface area contributed by atoms with Gasteiger partial charge in [-0.2, -0.15) is 5.26 Å². The number of amides is 1. The van der Waals surface area contributed by atoms with Crippen LogP contribution in [0.2, 0.25) is 0 Å². The van der Waals surface area contributed by atoms with Crippen LogP contribution >= 0.6 is 11.8 Å². The summed E-state index contributed by atoms with van der Waals surface area (Å²) in [5.41, 5.74) is 4.69. The van der Waals surface area contributed by atoms with Crippen molar-refractivity contribution in [2.45, 2.75) is 44.9 Å². The Balaban J connectivity index is 1.70. The van der Waals surface area contributed by atoms with E-state index in [2.05, 4.69) is 16.2 Å². The third-order valence-corrected chi connectivity index (χ3v) is 6.15. The van der Waals surface area contributed by atoms with E-state index in [1.165, 1.54) is 16.7 Å². The van der Waals surface area contributed by atoms with Gasteiger partial charge in [0.05, 0.1) is 23.7 Å². The van der Waals surface area contributed by atoms with Gasteiger partial charge in [0.1, 0.15) is 10.8 Å². The first-order valence-corrected chi connectivity index (χ1v) is 11.7. The van der Waals surface area contributed by atoms with Crippen molar-refractivity contribution in [2.75, 3.05) is 18.1 Å². The van der Waals surface area contributed by atoms with E-state index in [-0.39, 0.29) is 18.5 Å². The number of benzene rings is 1. The number of rotatable bonds is 9. The van der Waals surface area contributed by atoms with E-state index in [0.717, 1.165) is 28.1 Å². The van der Waals surface area contributed by atoms with Crippen LogP contribution in [-0.4, -0.2) is 35.2 Å². The van der Waals surface area contributed by atoms with Crippen LogP contribution in [0.5, 0.6) is 0 Å². The second-order valence-electron chi connectivity index (χ2n) is 7.82. The highest BCUT2D eigenvalue weighted by molar-refractivity contribution is 7.98. The molecule has 1 amide bonds. The van der Waals surface area contributed by atoms with Crippen LogP contribution in [0, 0.1) is 39.0 Å². The largest absolute Gasteiger partial charge is 0.452 e. The minimum Gasteiger partial charge on any atom is -0.452 e. The van der Waals surface area contributed by atoms with Gasteiger partial charge in [0.25, 0.3) is 5.91 Å². The number of ether oxygens (including phenoxy) is 1. The molecule has 0 aliphatic rings. The van der Waals surface area contributed by atoms with E-state index < -0.39 is 18.5 Å². The molecule has 0 fully saturated rings. The van der Waals surface area contributed by atoms with Crippen molar-refractivity contribution in [1.29, 1.82) is 5.26 Å². The lowest BCUT2D eigenvalue weighted by molar-refractivity contribution is -0.121. The third kappa shape index (κ3) is 6.23. The van der Waals surface area contributed by atoms with Gasteiger partial charge >= 0.3 is 5.97 Å². The molecule has 0 aliphatic heterocycles. The fourth-order valence-corrected chi connectivity index (χ4v) is 4.59. The average Bonchev–Trinajstić information content (AvgIpc) is 3.13. The number of aromatic nitrogens is 2. The molecular weight excluding hydrogens is 452 g/mol. The summed E-state index contributed by atoms with van der Waals surface area (Å²) >= 11 is 1.37. The molecule has 3 rings (SSSR count). The van der Waals surface area contributed by atoms with Crippen molar-refractivity contribution >= 4 is 29.3 Å². The molecule has 9 heteroatoms. The van der Waals surface area contributed by atoms with Gasteiger partial charge in [-0.25, -0.2) is 9.78 Å². The molecule has 0 radical (unpaired) electrons. The van der Waals surface area contributed by atoms with Crippen molar-refractivity contribution in [2.24, 2.45) is 0 Å². The van der Waals surface area contributed by atoms with Crippen LogP contribution in [0.15, 0.2) is 46.1 Å². The fraction of sp³-hybridized carbons (Fsp3) is 0.320. The summed E-state index contributed by atoms with van der Waals surface area (Å²) in [6.45, 7) is 7.34. The Morgan fingerprint density at radius 3 is 2.56 bits per heavy atom. The van der Waals surface area contributed by atoms with E-state index in [0.29, 0.717) is 16.5 Å². The van der Waals surface area contributed by atoms with Crippen molar-refractivity contribution in [3.05, 3.63) is 70.2 Å². The lowest BCUT2D eigenvalue weighted by atomic mass is 10.1. The summed E-state index contributed by atoms with van der Waals surface area (Å²) in [6.07, 6.45) is 1.76. The molecule has 0 saturated carbocycles. The summed E-state index contributed by atoms with van der Waals surface area (Å²) < 4.78 is 10.6. The van der Waals surface area contributed by atoms with Crippen LogP contribution in [-0.2, 0) is 15.3 Å². The average molecular weight is 479 g/mol. The van der Waals surface area contributed by atoms with Crippen LogP contribution in [0.4, 0.5) is 5.69 Å². The summed E-state index contributed by atoms with van der Waals surface area (Å²) in [5, 5.41) is 13.5. The van der Waals surface area contributed by atoms with Gasteiger partial charge in [-0.1, -0.05) is 11.2 Å². The van der Waals surface area contributed by atoms with Crippen LogP contribution in [0.3, 0.4) is 0 Å². The zero-order valence-corrected chi connectivity index (χ0v) is 20.4. The Bertz CT molecular complexity index is 1190. The lowest BCUT2D eigenvalue weighted by Crippen LogP contribution is -2.35. The molecule has 1 aromatic carbocycles. The number of anilines is 1. The number of nitriles is 1. The maximum atomic E-state index is 13.0. The number of carbonyl (C=O) groups is 2. The first kappa shape index (κ1) is 25.0. The molecule has 0 unspecified atom stereocenters. The molecule has 0 N–H and O–H groups in total. The van der Waals surface area contributed by atoms with Gasteiger partial charge in [-0.15, -0.1) is 11.8 Å². The number of pyridine rings is 1. The second-order valence-corrected chi connectivity index (χ2v) is 8.79. The number of hydrogen-bond acceptors (Lipinski definition) is 8. The molecular formula is C25H26N4O4S. The minimum atomic E-state index is -0.636. The van der Waals surface area contributed by atoms with Crippen molar-refractivity contribution in [3.8, 4) is 6.07 Å². The van der Waals surface area contributed by atoms with Crippen molar-refractivity contribution in [1.82, 2.24) is 10.1 Å². The fourth-order valence-electron chi connectivity index (χ4n) is 3.46. The minimum absolute atomic E-state index is 0.164. The summed E-state index contributed by atoms with van der Waals surface area (Å²) in [5.74, 6) is 0.219. The summed E-state index contributed by atoms with van der Waals surface area (Å²) in [6, 6.07) is 11.1. The number of carbonyl (C=O) groups excluding carboxylic acids is 2. The highest BCUT2D eigenvalue weighted by atomic mass is 32.2. The Kier molecular flexibility index (Phi) is 8.44. The normalized spacial score (nSPS) is 10.6. The molecule has 2 aromatic heterocycles. The third-order valence-electron chi connectivity index (χ3n) is 5.12. The van der Waals surface area contributed by atoms with Crippen LogP contribution in [0.1, 0.15) is 44.9 Å². The second kappa shape index (κ2) is 11.5. The number of esters is 1. The highest BCUT2D eigenvalue weighted by Gasteiger charge is 2.21. The molecule has 0 bridgehead atoms. The molecule has 3 aromatic rings. The van der Waals surface area contributed by atoms with Crippen molar-refractivity contribution < 1.29 is 18.8 Å². The molecule has 176 valence electrons. The topological polar surface area (TPSA) is 109 Å². The van der Waals surface area contributed by atoms with Gasteiger partial charge in [-0.05, 0) is 63.1 Å². The highest BCUT2D eigenvalue weighted by Crippen LogP contribution is 2.27. The molecule has 0 aliphatic carbocycles. The maximum Gasteiger partial charge on any atom is 0.341 e. The van der Waals surface area contributed by atoms with E-state index in [4.69, 9.17) is 14.5 Å². The predicted molar refractivity (Wildman–Crippen MR) is 129 cm³/mol. The van der Waals surface area contributed by atoms with E-state index in [9.17, 15) is 9.59 Å². The van der Waals surface area contributed by atoms with Gasteiger partial charge < -0.3 is 14.2 Å². The summed E-state index contributed by atoms with van der Waals surface area (Å²) in [7, 11) is 0. The molecule has 34 heavy (non-hydrogen) atoms. The zero-order chi connectivity index (χ0) is 24.7. The number of nitrogens with zero attached hydrogens (tertiary/aromatic N) is 4. The monoisotopic (exact) mass is 478 g/mol. The van der Waals surface area contributed by atoms with Crippen LogP contribution < -0.4 is 4.90 Å². The van der Waals surface area contributed by atoms with E-state index in [1.807, 2.05) is 45.9 Å². The Hall–Kier alpha value is -3.64. The van der Waals surface area contributed by atoms with Gasteiger partial charge in [0.15, 0.2) is 6.61 Å². The Labute approximate surface area is 202 Å². The van der Waals surface area contributed by atoms with Crippen LogP contribution in [0.25, 0.3) is 0 Å². The van der Waals surface area contributed by atoms with Gasteiger partial charge in [0, 0.05) is 29.7 Å². The maximum absolute atomic E-state index is 13.0. The molecule has 8 nitrogen and oxygen atoms in total. The Morgan fingerprint density at radius 2 is 1.91 bits per heavy atom. The van der Waals surface area contributed by atoms with Crippen molar-refractivity contribution in [3.63, 3.8) is 0 Å². The smallest absolute Gasteiger partial charge is 0.341 e. The first-order chi connectivity index (χ1) is 16.3. The first-order valence-electron chi connectivity index (χ1n) is 10.7. The standard InChI is InChI=1S/C25H26N4O4S/c1-16-11-17(2)13-20(12-16)29(10-6-8-26)23(30)14-32-25(31)21-7-5-9-27-24(21)34-15-22-18(3)28-33-19(22)4/h5,7,9,11-13H,6,10,14-15H2,1-4H3. The summed E-state index contributed by atoms with van der Waals surface area (Å²) in [4.78, 5) is 31.6. The molecule has 0 saturated heterocycles. The number of aryl methyl sites for hydroxylation is 4. The zero-order valence-electron chi connectivity index (χ0n) is 19.6. The molecule has 2 heterocycles. The Morgan fingerprint density at radius 1 is 1.18 bits per heavy atom. The lowest BCUT2D eigenvalue weighted by Gasteiger charge is -2.22. The number of thioether (sulfide) groups is 1.